The van der Waals surface area contributed by atoms with E-state index in [4.69, 9.17) is 0 Å². The molecule has 0 aromatic heterocycles. The van der Waals surface area contributed by atoms with E-state index < -0.39 is 12.1 Å². The number of rotatable bonds is 2. The summed E-state index contributed by atoms with van der Waals surface area (Å²) < 4.78 is 38.2. The van der Waals surface area contributed by atoms with Crippen molar-refractivity contribution in [3.05, 3.63) is 0 Å². The quantitative estimate of drug-likeness (QED) is 0.814. The number of amides is 1. The third-order valence-electron chi connectivity index (χ3n) is 4.11. The number of alkyl halides is 3. The molecule has 1 aliphatic heterocycles. The molecule has 1 aliphatic carbocycles. The minimum Gasteiger partial charge on any atom is -0.355 e. The number of halogens is 3. The van der Waals surface area contributed by atoms with Crippen molar-refractivity contribution in [3.8, 4) is 0 Å². The van der Waals surface area contributed by atoms with Crippen molar-refractivity contribution >= 4 is 5.91 Å². The molecule has 19 heavy (non-hydrogen) atoms. The van der Waals surface area contributed by atoms with Gasteiger partial charge in [0.2, 0.25) is 5.91 Å². The van der Waals surface area contributed by atoms with Crippen LogP contribution in [0.3, 0.4) is 0 Å². The van der Waals surface area contributed by atoms with Crippen LogP contribution in [0.1, 0.15) is 44.9 Å². The standard InChI is InChI=1S/C13H21F3N2O/c14-13(15,16)9-4-3-5-10(8-9)18-11-6-1-2-7-17-12(11)19/h9-11,18H,1-8H2,(H,17,19). The van der Waals surface area contributed by atoms with E-state index >= 15 is 0 Å². The van der Waals surface area contributed by atoms with Gasteiger partial charge in [0.25, 0.3) is 0 Å². The molecule has 2 N–H and O–H groups in total. The lowest BCUT2D eigenvalue weighted by Crippen LogP contribution is -2.49. The zero-order chi connectivity index (χ0) is 13.9. The van der Waals surface area contributed by atoms with Gasteiger partial charge in [-0.15, -0.1) is 0 Å². The van der Waals surface area contributed by atoms with Gasteiger partial charge in [-0.25, -0.2) is 0 Å². The molecule has 3 atom stereocenters. The highest BCUT2D eigenvalue weighted by Crippen LogP contribution is 2.37. The molecule has 0 bridgehead atoms. The summed E-state index contributed by atoms with van der Waals surface area (Å²) in [5, 5.41) is 5.94. The molecule has 2 rings (SSSR count). The van der Waals surface area contributed by atoms with Crippen LogP contribution in [0.15, 0.2) is 0 Å². The average molecular weight is 278 g/mol. The normalized spacial score (nSPS) is 33.6. The first-order chi connectivity index (χ1) is 8.97. The molecule has 110 valence electrons. The molecule has 3 nitrogen and oxygen atoms in total. The molecular weight excluding hydrogens is 257 g/mol. The van der Waals surface area contributed by atoms with Gasteiger partial charge in [-0.3, -0.25) is 4.79 Å². The van der Waals surface area contributed by atoms with Crippen molar-refractivity contribution in [2.75, 3.05) is 6.54 Å². The van der Waals surface area contributed by atoms with Crippen molar-refractivity contribution < 1.29 is 18.0 Å². The van der Waals surface area contributed by atoms with Gasteiger partial charge in [-0.2, -0.15) is 13.2 Å². The number of carbonyl (C=O) groups excluding carboxylic acids is 1. The largest absolute Gasteiger partial charge is 0.391 e. The van der Waals surface area contributed by atoms with Crippen LogP contribution in [0.25, 0.3) is 0 Å². The van der Waals surface area contributed by atoms with Crippen molar-refractivity contribution in [3.63, 3.8) is 0 Å². The monoisotopic (exact) mass is 278 g/mol. The SMILES string of the molecule is O=C1NCCCCC1NC1CCCC(C(F)(F)F)C1. The number of hydrogen-bond acceptors (Lipinski definition) is 2. The van der Waals surface area contributed by atoms with Crippen molar-refractivity contribution in [2.24, 2.45) is 5.92 Å². The van der Waals surface area contributed by atoms with Crippen LogP contribution in [0.2, 0.25) is 0 Å². The van der Waals surface area contributed by atoms with Crippen LogP contribution in [0.5, 0.6) is 0 Å². The van der Waals surface area contributed by atoms with Crippen LogP contribution in [-0.4, -0.2) is 30.7 Å². The minimum atomic E-state index is -4.11. The summed E-state index contributed by atoms with van der Waals surface area (Å²) in [4.78, 5) is 11.8. The molecule has 0 aromatic carbocycles. The molecule has 1 heterocycles. The Labute approximate surface area is 111 Å². The first kappa shape index (κ1) is 14.6. The maximum absolute atomic E-state index is 12.7. The Morgan fingerprint density at radius 2 is 1.89 bits per heavy atom. The van der Waals surface area contributed by atoms with Crippen molar-refractivity contribution in [1.29, 1.82) is 0 Å². The summed E-state index contributed by atoms with van der Waals surface area (Å²) in [6.07, 6.45) is 0.134. The number of carbonyl (C=O) groups is 1. The van der Waals surface area contributed by atoms with E-state index in [0.29, 0.717) is 13.0 Å². The van der Waals surface area contributed by atoms with Gasteiger partial charge in [0.1, 0.15) is 0 Å². The zero-order valence-electron chi connectivity index (χ0n) is 10.9. The van der Waals surface area contributed by atoms with E-state index in [0.717, 1.165) is 25.7 Å². The second kappa shape index (κ2) is 6.11. The highest BCUT2D eigenvalue weighted by Gasteiger charge is 2.42. The van der Waals surface area contributed by atoms with Crippen LogP contribution >= 0.6 is 0 Å². The summed E-state index contributed by atoms with van der Waals surface area (Å²) in [5.41, 5.74) is 0. The fourth-order valence-electron chi connectivity index (χ4n) is 3.02. The van der Waals surface area contributed by atoms with Gasteiger partial charge in [0.15, 0.2) is 0 Å². The third kappa shape index (κ3) is 4.09. The molecule has 0 radical (unpaired) electrons. The van der Waals surface area contributed by atoms with Crippen LogP contribution < -0.4 is 10.6 Å². The predicted molar refractivity (Wildman–Crippen MR) is 65.6 cm³/mol. The van der Waals surface area contributed by atoms with Gasteiger partial charge in [-0.05, 0) is 38.5 Å². The van der Waals surface area contributed by atoms with E-state index in [9.17, 15) is 18.0 Å². The Morgan fingerprint density at radius 3 is 2.63 bits per heavy atom. The number of hydrogen-bond donors (Lipinski definition) is 2. The summed E-state index contributed by atoms with van der Waals surface area (Å²) in [5.74, 6) is -1.28. The lowest BCUT2D eigenvalue weighted by Gasteiger charge is -2.33. The molecule has 2 fully saturated rings. The van der Waals surface area contributed by atoms with Crippen LogP contribution in [-0.2, 0) is 4.79 Å². The molecule has 0 aromatic rings. The first-order valence-corrected chi connectivity index (χ1v) is 7.07. The Morgan fingerprint density at radius 1 is 1.11 bits per heavy atom. The molecule has 0 spiro atoms. The average Bonchev–Trinajstić information content (AvgIpc) is 2.54. The zero-order valence-corrected chi connectivity index (χ0v) is 10.9. The third-order valence-corrected chi connectivity index (χ3v) is 4.11. The Hall–Kier alpha value is -0.780. The Bertz CT molecular complexity index is 320. The minimum absolute atomic E-state index is 0.0633. The maximum atomic E-state index is 12.7. The van der Waals surface area contributed by atoms with Crippen LogP contribution in [0, 0.1) is 5.92 Å². The molecule has 1 amide bonds. The van der Waals surface area contributed by atoms with Gasteiger partial charge in [-0.1, -0.05) is 6.42 Å². The lowest BCUT2D eigenvalue weighted by atomic mass is 9.85. The lowest BCUT2D eigenvalue weighted by molar-refractivity contribution is -0.183. The summed E-state index contributed by atoms with van der Waals surface area (Å²) in [7, 11) is 0. The summed E-state index contributed by atoms with van der Waals surface area (Å²) in [6, 6.07) is -0.506. The highest BCUT2D eigenvalue weighted by molar-refractivity contribution is 5.81. The summed E-state index contributed by atoms with van der Waals surface area (Å²) >= 11 is 0. The van der Waals surface area contributed by atoms with E-state index in [1.165, 1.54) is 0 Å². The Balaban J connectivity index is 1.89. The van der Waals surface area contributed by atoms with E-state index in [2.05, 4.69) is 10.6 Å². The molecule has 1 saturated carbocycles. The predicted octanol–water partition coefficient (Wildman–Crippen LogP) is 2.37. The maximum Gasteiger partial charge on any atom is 0.391 e. The van der Waals surface area contributed by atoms with Gasteiger partial charge >= 0.3 is 6.18 Å². The molecular formula is C13H21F3N2O. The fraction of sp³-hybridized carbons (Fsp3) is 0.923. The topological polar surface area (TPSA) is 41.1 Å². The smallest absolute Gasteiger partial charge is 0.355 e. The van der Waals surface area contributed by atoms with E-state index in [1.54, 1.807) is 0 Å². The second-order valence-electron chi connectivity index (χ2n) is 5.61. The van der Waals surface area contributed by atoms with Gasteiger partial charge in [0.05, 0.1) is 12.0 Å². The van der Waals surface area contributed by atoms with Gasteiger partial charge < -0.3 is 10.6 Å². The second-order valence-corrected chi connectivity index (χ2v) is 5.61. The highest BCUT2D eigenvalue weighted by atomic mass is 19.4. The van der Waals surface area contributed by atoms with Crippen molar-refractivity contribution in [1.82, 2.24) is 10.6 Å². The van der Waals surface area contributed by atoms with E-state index in [-0.39, 0.29) is 30.8 Å². The number of nitrogens with one attached hydrogen (secondary N) is 2. The van der Waals surface area contributed by atoms with Crippen molar-refractivity contribution in [2.45, 2.75) is 63.2 Å². The molecule has 3 unspecified atom stereocenters. The molecule has 6 heteroatoms. The first-order valence-electron chi connectivity index (χ1n) is 7.07. The van der Waals surface area contributed by atoms with Gasteiger partial charge in [0, 0.05) is 12.6 Å². The van der Waals surface area contributed by atoms with E-state index in [1.807, 2.05) is 0 Å². The molecule has 2 aliphatic rings. The van der Waals surface area contributed by atoms with Crippen LogP contribution in [0.4, 0.5) is 13.2 Å². The Kier molecular flexibility index (Phi) is 4.71. The summed E-state index contributed by atoms with van der Waals surface area (Å²) in [6.45, 7) is 0.673. The molecule has 1 saturated heterocycles. The fourth-order valence-corrected chi connectivity index (χ4v) is 3.02.